The third-order valence-corrected chi connectivity index (χ3v) is 4.00. The summed E-state index contributed by atoms with van der Waals surface area (Å²) in [6.45, 7) is 9.75. The van der Waals surface area contributed by atoms with Crippen molar-refractivity contribution in [2.75, 3.05) is 6.54 Å². The number of thioether (sulfide) groups is 1. The zero-order chi connectivity index (χ0) is 12.1. The van der Waals surface area contributed by atoms with Gasteiger partial charge in [0.15, 0.2) is 0 Å². The third kappa shape index (κ3) is 4.11. The highest BCUT2D eigenvalue weighted by Gasteiger charge is 2.09. The number of hydrogen-bond donors (Lipinski definition) is 1. The van der Waals surface area contributed by atoms with Crippen LogP contribution in [0.2, 0.25) is 0 Å². The minimum Gasteiger partial charge on any atom is -0.310 e. The number of benzene rings is 1. The molecule has 90 valence electrons. The predicted molar refractivity (Wildman–Crippen MR) is 77.2 cm³/mol. The molecule has 1 N–H and O–H groups in total. The Morgan fingerprint density at radius 1 is 1.31 bits per heavy atom. The lowest BCUT2D eigenvalue weighted by Crippen LogP contribution is -2.18. The predicted octanol–water partition coefficient (Wildman–Crippen LogP) is 4.62. The van der Waals surface area contributed by atoms with E-state index in [1.807, 2.05) is 11.8 Å². The van der Waals surface area contributed by atoms with Gasteiger partial charge in [0.2, 0.25) is 0 Å². The Bertz CT molecular complexity index is 339. The Labute approximate surface area is 112 Å². The Hall–Kier alpha value is 0.01000. The average molecular weight is 302 g/mol. The van der Waals surface area contributed by atoms with E-state index in [0.717, 1.165) is 6.54 Å². The van der Waals surface area contributed by atoms with Crippen molar-refractivity contribution in [3.63, 3.8) is 0 Å². The van der Waals surface area contributed by atoms with Gasteiger partial charge in [0, 0.05) is 20.7 Å². The van der Waals surface area contributed by atoms with Crippen molar-refractivity contribution >= 4 is 27.7 Å². The van der Waals surface area contributed by atoms with Crippen molar-refractivity contribution in [3.8, 4) is 0 Å². The fourth-order valence-corrected chi connectivity index (χ4v) is 3.37. The Morgan fingerprint density at radius 2 is 2.00 bits per heavy atom. The highest BCUT2D eigenvalue weighted by molar-refractivity contribution is 9.10. The largest absolute Gasteiger partial charge is 0.310 e. The molecule has 0 aliphatic heterocycles. The molecule has 0 radical (unpaired) electrons. The van der Waals surface area contributed by atoms with Gasteiger partial charge >= 0.3 is 0 Å². The van der Waals surface area contributed by atoms with Gasteiger partial charge in [-0.3, -0.25) is 0 Å². The van der Waals surface area contributed by atoms with Crippen LogP contribution in [-0.2, 0) is 0 Å². The minimum absolute atomic E-state index is 0.400. The molecule has 0 spiro atoms. The summed E-state index contributed by atoms with van der Waals surface area (Å²) in [5, 5.41) is 4.05. The fraction of sp³-hybridized carbons (Fsp3) is 0.538. The van der Waals surface area contributed by atoms with Crippen molar-refractivity contribution in [3.05, 3.63) is 28.2 Å². The molecule has 1 aromatic carbocycles. The highest BCUT2D eigenvalue weighted by atomic mass is 79.9. The third-order valence-electron chi connectivity index (χ3n) is 2.32. The first-order valence-corrected chi connectivity index (χ1v) is 7.41. The minimum atomic E-state index is 0.400. The molecule has 0 saturated carbocycles. The molecule has 16 heavy (non-hydrogen) atoms. The van der Waals surface area contributed by atoms with Gasteiger partial charge in [-0.2, -0.15) is 0 Å². The van der Waals surface area contributed by atoms with Crippen molar-refractivity contribution in [1.82, 2.24) is 5.32 Å². The molecular formula is C13H20BrNS. The Kier molecular flexibility index (Phi) is 5.87. The number of nitrogens with one attached hydrogen (secondary N) is 1. The molecule has 0 saturated heterocycles. The van der Waals surface area contributed by atoms with Gasteiger partial charge in [-0.15, -0.1) is 11.8 Å². The molecule has 1 rings (SSSR count). The van der Waals surface area contributed by atoms with Crippen LogP contribution in [0.4, 0.5) is 0 Å². The zero-order valence-electron chi connectivity index (χ0n) is 10.4. The first kappa shape index (κ1) is 14.1. The van der Waals surface area contributed by atoms with E-state index in [-0.39, 0.29) is 0 Å². The normalized spacial score (nSPS) is 13.1. The summed E-state index contributed by atoms with van der Waals surface area (Å²) in [6.07, 6.45) is 0. The fourth-order valence-electron chi connectivity index (χ4n) is 1.62. The van der Waals surface area contributed by atoms with Gasteiger partial charge in [-0.25, -0.2) is 0 Å². The summed E-state index contributed by atoms with van der Waals surface area (Å²) < 4.78 is 1.20. The van der Waals surface area contributed by atoms with E-state index in [1.165, 1.54) is 14.9 Å². The van der Waals surface area contributed by atoms with Crippen molar-refractivity contribution in [2.24, 2.45) is 0 Å². The molecule has 0 aliphatic rings. The van der Waals surface area contributed by atoms with Gasteiger partial charge < -0.3 is 5.32 Å². The van der Waals surface area contributed by atoms with Crippen LogP contribution in [0.5, 0.6) is 0 Å². The Balaban J connectivity index is 2.82. The van der Waals surface area contributed by atoms with Gasteiger partial charge in [-0.05, 0) is 31.2 Å². The smallest absolute Gasteiger partial charge is 0.0302 e. The van der Waals surface area contributed by atoms with E-state index in [0.29, 0.717) is 11.3 Å². The summed E-state index contributed by atoms with van der Waals surface area (Å²) in [5.41, 5.74) is 1.33. The molecular weight excluding hydrogens is 282 g/mol. The van der Waals surface area contributed by atoms with Crippen LogP contribution in [0.15, 0.2) is 27.6 Å². The van der Waals surface area contributed by atoms with Crippen molar-refractivity contribution in [1.29, 1.82) is 0 Å². The van der Waals surface area contributed by atoms with E-state index in [4.69, 9.17) is 0 Å². The maximum absolute atomic E-state index is 3.65. The number of halogens is 1. The monoisotopic (exact) mass is 301 g/mol. The molecule has 0 amide bonds. The maximum Gasteiger partial charge on any atom is 0.0302 e. The van der Waals surface area contributed by atoms with Gasteiger partial charge in [0.25, 0.3) is 0 Å². The molecule has 0 aliphatic carbocycles. The molecule has 0 fully saturated rings. The van der Waals surface area contributed by atoms with Gasteiger partial charge in [0.1, 0.15) is 0 Å². The van der Waals surface area contributed by atoms with E-state index < -0.39 is 0 Å². The van der Waals surface area contributed by atoms with Crippen LogP contribution in [0.3, 0.4) is 0 Å². The summed E-state index contributed by atoms with van der Waals surface area (Å²) >= 11 is 5.55. The molecule has 3 heteroatoms. The lowest BCUT2D eigenvalue weighted by atomic mass is 10.1. The summed E-state index contributed by atoms with van der Waals surface area (Å²) in [7, 11) is 0. The van der Waals surface area contributed by atoms with Crippen LogP contribution >= 0.6 is 27.7 Å². The molecule has 1 atom stereocenters. The first-order chi connectivity index (χ1) is 7.54. The van der Waals surface area contributed by atoms with Crippen LogP contribution in [-0.4, -0.2) is 11.8 Å². The second-order valence-corrected chi connectivity index (χ2v) is 6.63. The maximum atomic E-state index is 3.65. The molecule has 1 nitrogen and oxygen atoms in total. The second-order valence-electron chi connectivity index (χ2n) is 4.13. The lowest BCUT2D eigenvalue weighted by molar-refractivity contribution is 0.595. The van der Waals surface area contributed by atoms with Crippen LogP contribution in [0, 0.1) is 0 Å². The quantitative estimate of drug-likeness (QED) is 0.797. The molecule has 0 bridgehead atoms. The van der Waals surface area contributed by atoms with E-state index in [1.54, 1.807) is 0 Å². The number of hydrogen-bond acceptors (Lipinski definition) is 2. The molecule has 0 aromatic heterocycles. The Morgan fingerprint density at radius 3 is 2.50 bits per heavy atom. The van der Waals surface area contributed by atoms with Crippen LogP contribution in [0.1, 0.15) is 39.3 Å². The first-order valence-electron chi connectivity index (χ1n) is 5.74. The number of rotatable bonds is 5. The van der Waals surface area contributed by atoms with Crippen molar-refractivity contribution < 1.29 is 0 Å². The van der Waals surface area contributed by atoms with Gasteiger partial charge in [-0.1, -0.05) is 42.8 Å². The summed E-state index contributed by atoms with van der Waals surface area (Å²) in [5.74, 6) is 0. The average Bonchev–Trinajstić information content (AvgIpc) is 2.16. The lowest BCUT2D eigenvalue weighted by Gasteiger charge is -2.15. The van der Waals surface area contributed by atoms with Crippen LogP contribution < -0.4 is 5.32 Å². The van der Waals surface area contributed by atoms with E-state index in [9.17, 15) is 0 Å². The van der Waals surface area contributed by atoms with Gasteiger partial charge in [0.05, 0.1) is 0 Å². The summed E-state index contributed by atoms with van der Waals surface area (Å²) in [4.78, 5) is 1.33. The SMILES string of the molecule is CCNC(C)c1ccc(SC(C)C)cc1Br. The van der Waals surface area contributed by atoms with Crippen LogP contribution in [0.25, 0.3) is 0 Å². The molecule has 1 unspecified atom stereocenters. The molecule has 0 heterocycles. The molecule has 1 aromatic rings. The topological polar surface area (TPSA) is 12.0 Å². The standard InChI is InChI=1S/C13H20BrNS/c1-5-15-10(4)12-7-6-11(8-13(12)14)16-9(2)3/h6-10,15H,5H2,1-4H3. The highest BCUT2D eigenvalue weighted by Crippen LogP contribution is 2.30. The van der Waals surface area contributed by atoms with E-state index >= 15 is 0 Å². The van der Waals surface area contributed by atoms with E-state index in [2.05, 4.69) is 67.1 Å². The second kappa shape index (κ2) is 6.67. The zero-order valence-corrected chi connectivity index (χ0v) is 12.8. The van der Waals surface area contributed by atoms with Crippen molar-refractivity contribution in [2.45, 2.75) is 43.9 Å². The summed E-state index contributed by atoms with van der Waals surface area (Å²) in [6, 6.07) is 7.03.